The van der Waals surface area contributed by atoms with Crippen molar-refractivity contribution < 1.29 is 9.47 Å². The molecular formula is C52H56N2O2. The molecule has 0 fully saturated rings. The summed E-state index contributed by atoms with van der Waals surface area (Å²) in [7, 11) is 6.39. The Morgan fingerprint density at radius 2 is 0.804 bits per heavy atom. The Kier molecular flexibility index (Phi) is 14.5. The first-order valence-electron chi connectivity index (χ1n) is 19.9. The average Bonchev–Trinajstić information content (AvgIpc) is 3.25. The standard InChI is InChI=1S/C52H56N2O2/c1-6-49(40-20-12-8-13-21-40)51(42-24-16-10-17-25-42)44-28-32-47(33-29-44)55-37-36-54(5)38-46(53(3)4)39-56-48-34-30-45(31-35-48)52(43-26-18-11-19-27-43)50(7-2)41-22-14-9-15-23-41/h8-35,46H,6-7,36-39H2,1-5H3/b51-49-,52-50-. The minimum Gasteiger partial charge on any atom is -0.492 e. The van der Waals surface area contributed by atoms with Crippen LogP contribution >= 0.6 is 0 Å². The molecule has 6 aromatic carbocycles. The van der Waals surface area contributed by atoms with Gasteiger partial charge in [0.25, 0.3) is 0 Å². The molecule has 286 valence electrons. The highest BCUT2D eigenvalue weighted by Crippen LogP contribution is 2.36. The fourth-order valence-corrected chi connectivity index (χ4v) is 7.33. The molecular weight excluding hydrogens is 685 g/mol. The molecule has 0 bridgehead atoms. The van der Waals surface area contributed by atoms with Gasteiger partial charge < -0.3 is 19.3 Å². The van der Waals surface area contributed by atoms with Crippen LogP contribution in [-0.2, 0) is 0 Å². The Hall–Kier alpha value is -5.68. The lowest BCUT2D eigenvalue weighted by molar-refractivity contribution is 0.135. The number of rotatable bonds is 18. The van der Waals surface area contributed by atoms with E-state index in [4.69, 9.17) is 9.47 Å². The molecule has 0 heterocycles. The second kappa shape index (κ2) is 20.3. The van der Waals surface area contributed by atoms with Crippen molar-refractivity contribution >= 4 is 22.3 Å². The van der Waals surface area contributed by atoms with Crippen LogP contribution in [0, 0.1) is 0 Å². The summed E-state index contributed by atoms with van der Waals surface area (Å²) in [5.74, 6) is 1.75. The second-order valence-electron chi connectivity index (χ2n) is 14.5. The summed E-state index contributed by atoms with van der Waals surface area (Å²) in [6.07, 6.45) is 1.87. The van der Waals surface area contributed by atoms with Crippen LogP contribution in [-0.4, -0.2) is 63.3 Å². The van der Waals surface area contributed by atoms with Crippen molar-refractivity contribution in [3.63, 3.8) is 0 Å². The van der Waals surface area contributed by atoms with E-state index in [1.54, 1.807) is 0 Å². The van der Waals surface area contributed by atoms with Crippen LogP contribution in [0.5, 0.6) is 11.5 Å². The van der Waals surface area contributed by atoms with E-state index in [2.05, 4.69) is 215 Å². The fourth-order valence-electron chi connectivity index (χ4n) is 7.33. The predicted molar refractivity (Wildman–Crippen MR) is 237 cm³/mol. The highest BCUT2D eigenvalue weighted by Gasteiger charge is 2.17. The number of benzene rings is 6. The van der Waals surface area contributed by atoms with E-state index in [0.717, 1.165) is 37.4 Å². The Morgan fingerprint density at radius 3 is 1.18 bits per heavy atom. The van der Waals surface area contributed by atoms with Gasteiger partial charge in [-0.05, 0) is 114 Å². The summed E-state index contributed by atoms with van der Waals surface area (Å²) >= 11 is 0. The zero-order valence-electron chi connectivity index (χ0n) is 33.7. The maximum Gasteiger partial charge on any atom is 0.119 e. The van der Waals surface area contributed by atoms with Gasteiger partial charge in [0.1, 0.15) is 24.7 Å². The molecule has 1 atom stereocenters. The maximum absolute atomic E-state index is 6.41. The van der Waals surface area contributed by atoms with Crippen LogP contribution in [0.15, 0.2) is 170 Å². The molecule has 0 aliphatic rings. The SMILES string of the molecule is CC/C(=C(\c1ccccc1)c1ccc(OCCN(C)CC(COc2ccc(/C(=C(/CC)c3ccccc3)c3ccccc3)cc2)N(C)C)cc1)c1ccccc1. The van der Waals surface area contributed by atoms with Gasteiger partial charge >= 0.3 is 0 Å². The van der Waals surface area contributed by atoms with E-state index < -0.39 is 0 Å². The van der Waals surface area contributed by atoms with Crippen LogP contribution < -0.4 is 9.47 Å². The van der Waals surface area contributed by atoms with Gasteiger partial charge in [0.2, 0.25) is 0 Å². The molecule has 0 N–H and O–H groups in total. The number of allylic oxidation sites excluding steroid dienone is 2. The predicted octanol–water partition coefficient (Wildman–Crippen LogP) is 11.7. The third kappa shape index (κ3) is 10.5. The number of hydrogen-bond donors (Lipinski definition) is 0. The van der Waals surface area contributed by atoms with Crippen molar-refractivity contribution in [2.75, 3.05) is 47.4 Å². The molecule has 0 aliphatic heterocycles. The first kappa shape index (κ1) is 40.0. The normalized spacial score (nSPS) is 12.9. The molecule has 0 spiro atoms. The molecule has 0 saturated heterocycles. The molecule has 1 unspecified atom stereocenters. The summed E-state index contributed by atoms with van der Waals surface area (Å²) in [5, 5.41) is 0. The van der Waals surface area contributed by atoms with Crippen molar-refractivity contribution in [1.82, 2.24) is 9.80 Å². The van der Waals surface area contributed by atoms with Crippen LogP contribution in [0.4, 0.5) is 0 Å². The first-order valence-corrected chi connectivity index (χ1v) is 19.9. The zero-order chi connectivity index (χ0) is 39.1. The highest BCUT2D eigenvalue weighted by atomic mass is 16.5. The Balaban J connectivity index is 1.06. The van der Waals surface area contributed by atoms with E-state index in [0.29, 0.717) is 13.2 Å². The van der Waals surface area contributed by atoms with Crippen molar-refractivity contribution in [3.8, 4) is 11.5 Å². The zero-order valence-corrected chi connectivity index (χ0v) is 33.7. The van der Waals surface area contributed by atoms with Crippen molar-refractivity contribution in [3.05, 3.63) is 203 Å². The minimum absolute atomic E-state index is 0.212. The van der Waals surface area contributed by atoms with Crippen molar-refractivity contribution in [2.45, 2.75) is 32.7 Å². The smallest absolute Gasteiger partial charge is 0.119 e. The molecule has 0 radical (unpaired) electrons. The van der Waals surface area contributed by atoms with Crippen LogP contribution in [0.25, 0.3) is 22.3 Å². The van der Waals surface area contributed by atoms with Crippen LogP contribution in [0.1, 0.15) is 60.1 Å². The summed E-state index contributed by atoms with van der Waals surface area (Å²) in [4.78, 5) is 4.56. The van der Waals surface area contributed by atoms with Crippen LogP contribution in [0.3, 0.4) is 0 Å². The summed E-state index contributed by atoms with van der Waals surface area (Å²) in [6, 6.07) is 60.2. The van der Waals surface area contributed by atoms with Crippen molar-refractivity contribution in [2.24, 2.45) is 0 Å². The summed E-state index contributed by atoms with van der Waals surface area (Å²) in [5.41, 5.74) is 12.5. The van der Waals surface area contributed by atoms with Gasteiger partial charge in [0.05, 0.1) is 6.04 Å². The highest BCUT2D eigenvalue weighted by molar-refractivity contribution is 5.99. The lowest BCUT2D eigenvalue weighted by Crippen LogP contribution is -2.43. The molecule has 0 saturated carbocycles. The second-order valence-corrected chi connectivity index (χ2v) is 14.5. The number of hydrogen-bond acceptors (Lipinski definition) is 4. The molecule has 56 heavy (non-hydrogen) atoms. The molecule has 4 nitrogen and oxygen atoms in total. The Labute approximate surface area is 335 Å². The van der Waals surface area contributed by atoms with Crippen LogP contribution in [0.2, 0.25) is 0 Å². The number of likely N-dealkylation sites (N-methyl/N-ethyl adjacent to an activating group) is 2. The number of nitrogens with zero attached hydrogens (tertiary/aromatic N) is 2. The van der Waals surface area contributed by atoms with E-state index >= 15 is 0 Å². The quantitative estimate of drug-likeness (QED) is 0.0819. The van der Waals surface area contributed by atoms with Gasteiger partial charge in [-0.1, -0.05) is 159 Å². The van der Waals surface area contributed by atoms with Gasteiger partial charge in [-0.15, -0.1) is 0 Å². The fraction of sp³-hybridized carbons (Fsp3) is 0.231. The summed E-state index contributed by atoms with van der Waals surface area (Å²) < 4.78 is 12.7. The van der Waals surface area contributed by atoms with Gasteiger partial charge in [0.15, 0.2) is 0 Å². The maximum atomic E-state index is 6.41. The average molecular weight is 741 g/mol. The monoisotopic (exact) mass is 740 g/mol. The third-order valence-corrected chi connectivity index (χ3v) is 10.4. The van der Waals surface area contributed by atoms with Gasteiger partial charge in [0, 0.05) is 13.1 Å². The van der Waals surface area contributed by atoms with E-state index in [1.807, 2.05) is 0 Å². The number of ether oxygens (including phenoxy) is 2. The largest absolute Gasteiger partial charge is 0.492 e. The Morgan fingerprint density at radius 1 is 0.446 bits per heavy atom. The molecule has 6 aromatic rings. The van der Waals surface area contributed by atoms with E-state index in [1.165, 1.54) is 55.7 Å². The third-order valence-electron chi connectivity index (χ3n) is 10.4. The molecule has 0 aromatic heterocycles. The lowest BCUT2D eigenvalue weighted by atomic mass is 9.88. The minimum atomic E-state index is 0.212. The van der Waals surface area contributed by atoms with E-state index in [9.17, 15) is 0 Å². The molecule has 0 aliphatic carbocycles. The molecule has 4 heteroatoms. The first-order chi connectivity index (χ1) is 27.4. The Bertz CT molecular complexity index is 2120. The molecule has 6 rings (SSSR count). The topological polar surface area (TPSA) is 24.9 Å². The van der Waals surface area contributed by atoms with Gasteiger partial charge in [-0.2, -0.15) is 0 Å². The lowest BCUT2D eigenvalue weighted by Gasteiger charge is -2.29. The van der Waals surface area contributed by atoms with Gasteiger partial charge in [-0.3, -0.25) is 0 Å². The molecule has 0 amide bonds. The van der Waals surface area contributed by atoms with Gasteiger partial charge in [-0.25, -0.2) is 0 Å². The van der Waals surface area contributed by atoms with Crippen molar-refractivity contribution in [1.29, 1.82) is 0 Å². The summed E-state index contributed by atoms with van der Waals surface area (Å²) in [6.45, 7) is 7.32. The van der Waals surface area contributed by atoms with E-state index in [-0.39, 0.29) is 6.04 Å².